The van der Waals surface area contributed by atoms with Gasteiger partial charge in [-0.2, -0.15) is 5.10 Å². The van der Waals surface area contributed by atoms with Crippen LogP contribution in [0.2, 0.25) is 0 Å². The van der Waals surface area contributed by atoms with Gasteiger partial charge in [-0.1, -0.05) is 38.5 Å². The van der Waals surface area contributed by atoms with Crippen LogP contribution in [0.4, 0.5) is 0 Å². The highest BCUT2D eigenvalue weighted by Gasteiger charge is 2.22. The lowest BCUT2D eigenvalue weighted by Crippen LogP contribution is -2.23. The maximum absolute atomic E-state index is 12.2. The average molecular weight is 367 g/mol. The van der Waals surface area contributed by atoms with E-state index in [2.05, 4.69) is 21.0 Å². The molecule has 27 heavy (non-hydrogen) atoms. The number of nitrogens with zero attached hydrogens (tertiary/aromatic N) is 3. The Morgan fingerprint density at radius 3 is 2.52 bits per heavy atom. The number of carbonyl (C=O) groups excluding carboxylic acids is 1. The Morgan fingerprint density at radius 2 is 1.78 bits per heavy atom. The molecule has 4 rings (SSSR count). The van der Waals surface area contributed by atoms with Crippen LogP contribution in [-0.2, 0) is 11.3 Å². The fraction of sp³-hybridized carbons (Fsp3) is 0.591. The number of pyridine rings is 1. The molecular weight excluding hydrogens is 336 g/mol. The van der Waals surface area contributed by atoms with Crippen LogP contribution < -0.4 is 5.32 Å². The molecule has 2 saturated carbocycles. The van der Waals surface area contributed by atoms with Gasteiger partial charge < -0.3 is 5.32 Å². The zero-order valence-electron chi connectivity index (χ0n) is 16.1. The van der Waals surface area contributed by atoms with Gasteiger partial charge in [0.15, 0.2) is 0 Å². The molecule has 1 amide bonds. The topological polar surface area (TPSA) is 59.8 Å². The molecule has 0 spiro atoms. The van der Waals surface area contributed by atoms with Crippen LogP contribution in [0.15, 0.2) is 30.6 Å². The molecule has 0 saturated heterocycles. The minimum absolute atomic E-state index is 0.155. The Balaban J connectivity index is 1.41. The molecule has 0 bridgehead atoms. The molecule has 2 aliphatic rings. The molecule has 0 unspecified atom stereocenters. The summed E-state index contributed by atoms with van der Waals surface area (Å²) in [5.41, 5.74) is 3.23. The van der Waals surface area contributed by atoms with Crippen molar-refractivity contribution in [2.24, 2.45) is 5.92 Å². The minimum atomic E-state index is 0.155. The van der Waals surface area contributed by atoms with Gasteiger partial charge in [0.2, 0.25) is 5.91 Å². The second kappa shape index (κ2) is 8.68. The average Bonchev–Trinajstić information content (AvgIpc) is 3.47. The van der Waals surface area contributed by atoms with Crippen molar-refractivity contribution < 1.29 is 4.79 Å². The summed E-state index contributed by atoms with van der Waals surface area (Å²) in [6.07, 6.45) is 15.5. The maximum Gasteiger partial charge on any atom is 0.220 e. The Morgan fingerprint density at radius 1 is 1.07 bits per heavy atom. The maximum atomic E-state index is 12.2. The van der Waals surface area contributed by atoms with Crippen molar-refractivity contribution in [2.75, 3.05) is 0 Å². The van der Waals surface area contributed by atoms with E-state index in [0.29, 0.717) is 19.0 Å². The van der Waals surface area contributed by atoms with Crippen LogP contribution in [0, 0.1) is 5.92 Å². The fourth-order valence-electron chi connectivity index (χ4n) is 4.61. The third kappa shape index (κ3) is 4.57. The first-order valence-electron chi connectivity index (χ1n) is 10.5. The lowest BCUT2D eigenvalue weighted by Gasteiger charge is -2.14. The first kappa shape index (κ1) is 18.2. The van der Waals surface area contributed by atoms with Gasteiger partial charge in [0.05, 0.1) is 24.0 Å². The molecule has 2 aromatic heterocycles. The smallest absolute Gasteiger partial charge is 0.220 e. The quantitative estimate of drug-likeness (QED) is 0.776. The summed E-state index contributed by atoms with van der Waals surface area (Å²) in [5.74, 6) is 0.915. The van der Waals surface area contributed by atoms with E-state index in [9.17, 15) is 4.79 Å². The Kier molecular flexibility index (Phi) is 5.85. The van der Waals surface area contributed by atoms with Crippen molar-refractivity contribution in [3.05, 3.63) is 36.3 Å². The van der Waals surface area contributed by atoms with E-state index in [0.717, 1.165) is 29.3 Å². The molecule has 5 nitrogen and oxygen atoms in total. The van der Waals surface area contributed by atoms with Crippen LogP contribution in [-0.4, -0.2) is 20.7 Å². The van der Waals surface area contributed by atoms with E-state index in [1.165, 1.54) is 51.4 Å². The van der Waals surface area contributed by atoms with Crippen molar-refractivity contribution in [1.29, 1.82) is 0 Å². The van der Waals surface area contributed by atoms with Crippen LogP contribution >= 0.6 is 0 Å². The van der Waals surface area contributed by atoms with Crippen molar-refractivity contribution in [2.45, 2.75) is 76.8 Å². The third-order valence-electron chi connectivity index (χ3n) is 6.15. The molecule has 2 fully saturated rings. The summed E-state index contributed by atoms with van der Waals surface area (Å²) in [4.78, 5) is 16.4. The van der Waals surface area contributed by atoms with E-state index in [1.807, 2.05) is 24.5 Å². The number of amides is 1. The number of carbonyl (C=O) groups is 1. The fourth-order valence-corrected chi connectivity index (χ4v) is 4.61. The van der Waals surface area contributed by atoms with Gasteiger partial charge in [-0.05, 0) is 43.4 Å². The Hall–Kier alpha value is -2.17. The number of nitrogens with one attached hydrogen (secondary N) is 1. The lowest BCUT2D eigenvalue weighted by molar-refractivity contribution is -0.121. The molecule has 2 heterocycles. The predicted molar refractivity (Wildman–Crippen MR) is 106 cm³/mol. The van der Waals surface area contributed by atoms with Gasteiger partial charge in [-0.3, -0.25) is 14.5 Å². The first-order valence-corrected chi connectivity index (χ1v) is 10.5. The SMILES string of the molecule is O=C(CCC1CCCC1)NCc1cc(-c2ccncc2)n(C2CCCC2)n1. The highest BCUT2D eigenvalue weighted by Crippen LogP contribution is 2.33. The highest BCUT2D eigenvalue weighted by molar-refractivity contribution is 5.75. The van der Waals surface area contributed by atoms with Crippen LogP contribution in [0.5, 0.6) is 0 Å². The van der Waals surface area contributed by atoms with Gasteiger partial charge in [0, 0.05) is 24.4 Å². The number of hydrogen-bond acceptors (Lipinski definition) is 3. The molecule has 1 N–H and O–H groups in total. The number of rotatable bonds is 7. The van der Waals surface area contributed by atoms with E-state index < -0.39 is 0 Å². The second-order valence-electron chi connectivity index (χ2n) is 8.11. The second-order valence-corrected chi connectivity index (χ2v) is 8.11. The highest BCUT2D eigenvalue weighted by atomic mass is 16.1. The standard InChI is InChI=1S/C22H30N4O/c27-22(10-9-17-5-1-2-6-17)24-16-19-15-21(18-11-13-23-14-12-18)26(25-19)20-7-3-4-8-20/h11-15,17,20H,1-10,16H2,(H,24,27). The summed E-state index contributed by atoms with van der Waals surface area (Å²) in [7, 11) is 0. The summed E-state index contributed by atoms with van der Waals surface area (Å²) in [6, 6.07) is 6.67. The van der Waals surface area contributed by atoms with Gasteiger partial charge >= 0.3 is 0 Å². The first-order chi connectivity index (χ1) is 13.3. The molecular formula is C22H30N4O. The van der Waals surface area contributed by atoms with Crippen LogP contribution in [0.1, 0.15) is 75.9 Å². The third-order valence-corrected chi connectivity index (χ3v) is 6.15. The zero-order chi connectivity index (χ0) is 18.5. The summed E-state index contributed by atoms with van der Waals surface area (Å²) in [5, 5.41) is 7.94. The van der Waals surface area contributed by atoms with Crippen LogP contribution in [0.25, 0.3) is 11.3 Å². The van der Waals surface area contributed by atoms with E-state index >= 15 is 0 Å². The predicted octanol–water partition coefficient (Wildman–Crippen LogP) is 4.65. The molecule has 0 aromatic carbocycles. The number of hydrogen-bond donors (Lipinski definition) is 1. The van der Waals surface area contributed by atoms with E-state index in [-0.39, 0.29) is 5.91 Å². The summed E-state index contributed by atoms with van der Waals surface area (Å²) < 4.78 is 2.18. The molecule has 2 aliphatic carbocycles. The van der Waals surface area contributed by atoms with Crippen LogP contribution in [0.3, 0.4) is 0 Å². The largest absolute Gasteiger partial charge is 0.350 e. The van der Waals surface area contributed by atoms with Crippen molar-refractivity contribution >= 4 is 5.91 Å². The van der Waals surface area contributed by atoms with Gasteiger partial charge in [-0.15, -0.1) is 0 Å². The molecule has 2 aromatic rings. The zero-order valence-corrected chi connectivity index (χ0v) is 16.1. The van der Waals surface area contributed by atoms with Gasteiger partial charge in [0.25, 0.3) is 0 Å². The normalized spacial score (nSPS) is 18.2. The molecule has 0 aliphatic heterocycles. The summed E-state index contributed by atoms with van der Waals surface area (Å²) >= 11 is 0. The van der Waals surface area contributed by atoms with E-state index in [4.69, 9.17) is 5.10 Å². The monoisotopic (exact) mass is 366 g/mol. The Bertz CT molecular complexity index is 743. The number of aromatic nitrogens is 3. The van der Waals surface area contributed by atoms with Gasteiger partial charge in [0.1, 0.15) is 0 Å². The minimum Gasteiger partial charge on any atom is -0.350 e. The summed E-state index contributed by atoms with van der Waals surface area (Å²) in [6.45, 7) is 0.515. The molecule has 0 atom stereocenters. The van der Waals surface area contributed by atoms with Crippen molar-refractivity contribution in [3.63, 3.8) is 0 Å². The molecule has 0 radical (unpaired) electrons. The van der Waals surface area contributed by atoms with Crippen molar-refractivity contribution in [3.8, 4) is 11.3 Å². The van der Waals surface area contributed by atoms with E-state index in [1.54, 1.807) is 0 Å². The van der Waals surface area contributed by atoms with Gasteiger partial charge in [-0.25, -0.2) is 0 Å². The molecule has 5 heteroatoms. The Labute approximate surface area is 161 Å². The lowest BCUT2D eigenvalue weighted by atomic mass is 10.0. The molecule has 144 valence electrons. The van der Waals surface area contributed by atoms with Crippen molar-refractivity contribution in [1.82, 2.24) is 20.1 Å².